The molecule has 0 saturated heterocycles. The van der Waals surface area contributed by atoms with Crippen LogP contribution in [0.1, 0.15) is 6.92 Å². The monoisotopic (exact) mass is 286 g/mol. The minimum Gasteiger partial charge on any atom is -0.491 e. The Balaban J connectivity index is 2.07. The third-order valence-electron chi connectivity index (χ3n) is 2.94. The van der Waals surface area contributed by atoms with Crippen LogP contribution in [0.25, 0.3) is 11.1 Å². The lowest BCUT2D eigenvalue weighted by atomic mass is 10.1. The Labute approximate surface area is 121 Å². The van der Waals surface area contributed by atoms with Crippen molar-refractivity contribution in [2.45, 2.75) is 13.0 Å². The van der Waals surface area contributed by atoms with E-state index in [-0.39, 0.29) is 18.3 Å². The van der Waals surface area contributed by atoms with E-state index >= 15 is 0 Å². The molecule has 0 spiro atoms. The number of rotatable bonds is 6. The minimum absolute atomic E-state index is 0.0639. The summed E-state index contributed by atoms with van der Waals surface area (Å²) in [7, 11) is 0. The number of nitroso groups, excluding NO2 is 1. The zero-order chi connectivity index (χ0) is 15.2. The lowest BCUT2D eigenvalue weighted by molar-refractivity contribution is -0.384. The molecule has 0 fully saturated rings. The van der Waals surface area contributed by atoms with Crippen molar-refractivity contribution >= 4 is 5.69 Å². The van der Waals surface area contributed by atoms with Crippen molar-refractivity contribution in [3.8, 4) is 16.9 Å². The normalized spacial score (nSPS) is 11.7. The van der Waals surface area contributed by atoms with Gasteiger partial charge in [-0.05, 0) is 42.3 Å². The fourth-order valence-corrected chi connectivity index (χ4v) is 1.77. The van der Waals surface area contributed by atoms with Gasteiger partial charge >= 0.3 is 0 Å². The first kappa shape index (κ1) is 14.6. The van der Waals surface area contributed by atoms with E-state index in [1.165, 1.54) is 12.1 Å². The molecule has 1 unspecified atom stereocenters. The maximum atomic E-state index is 10.6. The third kappa shape index (κ3) is 3.85. The summed E-state index contributed by atoms with van der Waals surface area (Å²) >= 11 is 0. The van der Waals surface area contributed by atoms with Crippen LogP contribution in [-0.2, 0) is 0 Å². The second-order valence-corrected chi connectivity index (χ2v) is 4.59. The lowest BCUT2D eigenvalue weighted by Crippen LogP contribution is -2.10. The van der Waals surface area contributed by atoms with Gasteiger partial charge in [0.25, 0.3) is 5.69 Å². The van der Waals surface area contributed by atoms with Crippen LogP contribution in [0.3, 0.4) is 0 Å². The van der Waals surface area contributed by atoms with E-state index < -0.39 is 4.92 Å². The van der Waals surface area contributed by atoms with Crippen molar-refractivity contribution in [2.24, 2.45) is 5.18 Å². The maximum absolute atomic E-state index is 10.6. The van der Waals surface area contributed by atoms with Crippen LogP contribution < -0.4 is 4.74 Å². The Morgan fingerprint density at radius 2 is 1.62 bits per heavy atom. The largest absolute Gasteiger partial charge is 0.491 e. The molecule has 0 saturated carbocycles. The average Bonchev–Trinajstić information content (AvgIpc) is 2.53. The molecule has 0 heterocycles. The summed E-state index contributed by atoms with van der Waals surface area (Å²) in [6, 6.07) is 13.2. The fraction of sp³-hybridized carbons (Fsp3) is 0.200. The number of ether oxygens (including phenoxy) is 1. The van der Waals surface area contributed by atoms with Crippen LogP contribution in [0.2, 0.25) is 0 Å². The first-order chi connectivity index (χ1) is 10.1. The molecule has 6 heteroatoms. The number of hydrogen-bond acceptors (Lipinski definition) is 5. The van der Waals surface area contributed by atoms with Crippen molar-refractivity contribution < 1.29 is 9.66 Å². The number of nitrogens with zero attached hydrogens (tertiary/aromatic N) is 2. The molecule has 108 valence electrons. The second-order valence-electron chi connectivity index (χ2n) is 4.59. The molecule has 2 aromatic carbocycles. The van der Waals surface area contributed by atoms with E-state index in [4.69, 9.17) is 4.74 Å². The third-order valence-corrected chi connectivity index (χ3v) is 2.94. The van der Waals surface area contributed by atoms with Gasteiger partial charge in [-0.25, -0.2) is 0 Å². The highest BCUT2D eigenvalue weighted by molar-refractivity contribution is 5.65. The zero-order valence-electron chi connectivity index (χ0n) is 11.4. The van der Waals surface area contributed by atoms with Crippen LogP contribution in [0.15, 0.2) is 53.7 Å². The van der Waals surface area contributed by atoms with Gasteiger partial charge in [-0.1, -0.05) is 17.3 Å². The molecule has 0 N–H and O–H groups in total. The van der Waals surface area contributed by atoms with E-state index in [0.29, 0.717) is 5.75 Å². The van der Waals surface area contributed by atoms with Gasteiger partial charge in [0.15, 0.2) is 0 Å². The number of hydrogen-bond donors (Lipinski definition) is 0. The fourth-order valence-electron chi connectivity index (χ4n) is 1.77. The van der Waals surface area contributed by atoms with Gasteiger partial charge in [-0.15, -0.1) is 0 Å². The van der Waals surface area contributed by atoms with Crippen LogP contribution in [0.5, 0.6) is 5.75 Å². The minimum atomic E-state index is -0.428. The van der Waals surface area contributed by atoms with Crippen molar-refractivity contribution in [3.63, 3.8) is 0 Å². The molecule has 2 rings (SSSR count). The number of nitro benzene ring substituents is 1. The van der Waals surface area contributed by atoms with Gasteiger partial charge in [0.2, 0.25) is 0 Å². The van der Waals surface area contributed by atoms with Crippen LogP contribution in [-0.4, -0.2) is 17.6 Å². The smallest absolute Gasteiger partial charge is 0.269 e. The molecule has 0 aliphatic heterocycles. The number of nitro groups is 1. The van der Waals surface area contributed by atoms with Gasteiger partial charge in [0, 0.05) is 12.1 Å². The highest BCUT2D eigenvalue weighted by Crippen LogP contribution is 2.24. The first-order valence-electron chi connectivity index (χ1n) is 6.40. The average molecular weight is 286 g/mol. The van der Waals surface area contributed by atoms with E-state index in [1.807, 2.05) is 12.1 Å². The molecule has 1 atom stereocenters. The van der Waals surface area contributed by atoms with E-state index in [9.17, 15) is 15.0 Å². The SMILES string of the molecule is CC(COc1ccc(-c2ccc([N+](=O)[O-])cc2)cc1)N=O. The van der Waals surface area contributed by atoms with Gasteiger partial charge in [-0.3, -0.25) is 10.1 Å². The van der Waals surface area contributed by atoms with Gasteiger partial charge in [-0.2, -0.15) is 4.91 Å². The number of benzene rings is 2. The molecule has 6 nitrogen and oxygen atoms in total. The lowest BCUT2D eigenvalue weighted by Gasteiger charge is -2.08. The van der Waals surface area contributed by atoms with E-state index in [0.717, 1.165) is 11.1 Å². The molecule has 0 aliphatic rings. The highest BCUT2D eigenvalue weighted by Gasteiger charge is 2.06. The van der Waals surface area contributed by atoms with Crippen molar-refractivity contribution in [1.82, 2.24) is 0 Å². The summed E-state index contributed by atoms with van der Waals surface area (Å²) in [6.45, 7) is 1.92. The van der Waals surface area contributed by atoms with Crippen molar-refractivity contribution in [2.75, 3.05) is 6.61 Å². The summed E-state index contributed by atoms with van der Waals surface area (Å²) in [5, 5.41) is 13.5. The molecule has 0 bridgehead atoms. The van der Waals surface area contributed by atoms with Crippen LogP contribution in [0, 0.1) is 15.0 Å². The zero-order valence-corrected chi connectivity index (χ0v) is 11.4. The molecule has 0 radical (unpaired) electrons. The van der Waals surface area contributed by atoms with Gasteiger partial charge in [0.05, 0.1) is 4.92 Å². The standard InChI is InChI=1S/C15H14N2O4/c1-11(16-18)10-21-15-8-4-13(5-9-15)12-2-6-14(7-3-12)17(19)20/h2-9,11H,10H2,1H3. The molecule has 2 aromatic rings. The second kappa shape index (κ2) is 6.60. The predicted octanol–water partition coefficient (Wildman–Crippen LogP) is 3.80. The molecule has 0 aliphatic carbocycles. The Hall–Kier alpha value is -2.76. The molecule has 0 amide bonds. The highest BCUT2D eigenvalue weighted by atomic mass is 16.6. The predicted molar refractivity (Wildman–Crippen MR) is 79.3 cm³/mol. The molecular formula is C15H14N2O4. The molecular weight excluding hydrogens is 272 g/mol. The summed E-state index contributed by atoms with van der Waals surface area (Å²) in [6.07, 6.45) is 0. The Kier molecular flexibility index (Phi) is 4.61. The summed E-state index contributed by atoms with van der Waals surface area (Å²) in [4.78, 5) is 20.4. The summed E-state index contributed by atoms with van der Waals surface area (Å²) < 4.78 is 5.42. The topological polar surface area (TPSA) is 81.8 Å². The summed E-state index contributed by atoms with van der Waals surface area (Å²) in [5.41, 5.74) is 1.88. The van der Waals surface area contributed by atoms with Crippen LogP contribution in [0.4, 0.5) is 5.69 Å². The van der Waals surface area contributed by atoms with Gasteiger partial charge < -0.3 is 4.74 Å². The number of non-ortho nitro benzene ring substituents is 1. The Morgan fingerprint density at radius 1 is 1.10 bits per heavy atom. The van der Waals surface area contributed by atoms with Crippen molar-refractivity contribution in [1.29, 1.82) is 0 Å². The first-order valence-corrected chi connectivity index (χ1v) is 6.40. The molecule has 21 heavy (non-hydrogen) atoms. The van der Waals surface area contributed by atoms with E-state index in [2.05, 4.69) is 5.18 Å². The Morgan fingerprint density at radius 3 is 2.10 bits per heavy atom. The maximum Gasteiger partial charge on any atom is 0.269 e. The quantitative estimate of drug-likeness (QED) is 0.459. The van der Waals surface area contributed by atoms with Crippen molar-refractivity contribution in [3.05, 3.63) is 63.6 Å². The Bertz CT molecular complexity index is 623. The molecule has 0 aromatic heterocycles. The van der Waals surface area contributed by atoms with E-state index in [1.54, 1.807) is 31.2 Å². The summed E-state index contributed by atoms with van der Waals surface area (Å²) in [5.74, 6) is 0.649. The van der Waals surface area contributed by atoms with Gasteiger partial charge in [0.1, 0.15) is 18.4 Å². The van der Waals surface area contributed by atoms with Crippen LogP contribution >= 0.6 is 0 Å².